The van der Waals surface area contributed by atoms with E-state index in [1.807, 2.05) is 13.8 Å². The molecule has 19 heavy (non-hydrogen) atoms. The Balaban J connectivity index is 2.98. The van der Waals surface area contributed by atoms with E-state index in [1.165, 1.54) is 0 Å². The molecule has 106 valence electrons. The molecular formula is C13H20N2O4. The van der Waals surface area contributed by atoms with Crippen molar-refractivity contribution in [3.05, 3.63) is 18.2 Å². The molecule has 0 aliphatic heterocycles. The first-order valence-corrected chi connectivity index (χ1v) is 5.92. The molecule has 6 heteroatoms. The van der Waals surface area contributed by atoms with Crippen LogP contribution in [0.5, 0.6) is 17.2 Å². The molecule has 0 bridgehead atoms. The van der Waals surface area contributed by atoms with Gasteiger partial charge in [0.05, 0.1) is 14.2 Å². The van der Waals surface area contributed by atoms with E-state index in [2.05, 4.69) is 5.43 Å². The number of carbonyl (C=O) groups excluding carboxylic acids is 1. The summed E-state index contributed by atoms with van der Waals surface area (Å²) in [5, 5.41) is 0. The number of hydrogen-bond donors (Lipinski definition) is 2. The van der Waals surface area contributed by atoms with E-state index in [0.29, 0.717) is 17.2 Å². The molecule has 0 spiro atoms. The maximum atomic E-state index is 11.6. The van der Waals surface area contributed by atoms with Crippen molar-refractivity contribution in [3.63, 3.8) is 0 Å². The first-order chi connectivity index (χ1) is 9.01. The molecule has 0 heterocycles. The Bertz CT molecular complexity index is 412. The van der Waals surface area contributed by atoms with Crippen LogP contribution < -0.4 is 25.5 Å². The van der Waals surface area contributed by atoms with Gasteiger partial charge in [0.15, 0.2) is 6.10 Å². The van der Waals surface area contributed by atoms with Gasteiger partial charge in [0.25, 0.3) is 5.91 Å². The monoisotopic (exact) mass is 268 g/mol. The molecule has 1 aromatic rings. The van der Waals surface area contributed by atoms with Crippen LogP contribution in [0.15, 0.2) is 18.2 Å². The van der Waals surface area contributed by atoms with Crippen molar-refractivity contribution in [2.75, 3.05) is 14.2 Å². The molecule has 0 saturated carbocycles. The van der Waals surface area contributed by atoms with Gasteiger partial charge >= 0.3 is 0 Å². The van der Waals surface area contributed by atoms with E-state index in [4.69, 9.17) is 20.1 Å². The lowest BCUT2D eigenvalue weighted by atomic mass is 10.1. The summed E-state index contributed by atoms with van der Waals surface area (Å²) >= 11 is 0. The van der Waals surface area contributed by atoms with E-state index in [1.54, 1.807) is 32.4 Å². The van der Waals surface area contributed by atoms with Gasteiger partial charge in [-0.05, 0) is 5.92 Å². The molecule has 1 amide bonds. The fourth-order valence-corrected chi connectivity index (χ4v) is 1.57. The van der Waals surface area contributed by atoms with Crippen molar-refractivity contribution in [3.8, 4) is 17.2 Å². The predicted octanol–water partition coefficient (Wildman–Crippen LogP) is 1.10. The second kappa shape index (κ2) is 6.84. The van der Waals surface area contributed by atoms with Crippen molar-refractivity contribution in [2.45, 2.75) is 20.0 Å². The first-order valence-electron chi connectivity index (χ1n) is 5.92. The molecule has 1 unspecified atom stereocenters. The van der Waals surface area contributed by atoms with Gasteiger partial charge in [-0.2, -0.15) is 0 Å². The summed E-state index contributed by atoms with van der Waals surface area (Å²) in [5.74, 6) is 6.40. The average Bonchev–Trinajstić information content (AvgIpc) is 2.43. The van der Waals surface area contributed by atoms with Crippen molar-refractivity contribution >= 4 is 5.91 Å². The molecule has 0 aliphatic carbocycles. The van der Waals surface area contributed by atoms with Crippen LogP contribution in [0.2, 0.25) is 0 Å². The third-order valence-electron chi connectivity index (χ3n) is 2.59. The minimum Gasteiger partial charge on any atom is -0.496 e. The van der Waals surface area contributed by atoms with Crippen LogP contribution in [-0.2, 0) is 4.79 Å². The highest BCUT2D eigenvalue weighted by Crippen LogP contribution is 2.28. The van der Waals surface area contributed by atoms with Gasteiger partial charge in [0, 0.05) is 18.2 Å². The number of benzene rings is 1. The predicted molar refractivity (Wildman–Crippen MR) is 71.1 cm³/mol. The fourth-order valence-electron chi connectivity index (χ4n) is 1.57. The highest BCUT2D eigenvalue weighted by molar-refractivity contribution is 5.80. The molecular weight excluding hydrogens is 248 g/mol. The third-order valence-corrected chi connectivity index (χ3v) is 2.59. The second-order valence-electron chi connectivity index (χ2n) is 4.34. The smallest absolute Gasteiger partial charge is 0.275 e. The number of amides is 1. The average molecular weight is 268 g/mol. The number of hydrogen-bond acceptors (Lipinski definition) is 5. The summed E-state index contributed by atoms with van der Waals surface area (Å²) in [6.45, 7) is 3.74. The van der Waals surface area contributed by atoms with E-state index in [0.717, 1.165) is 0 Å². The van der Waals surface area contributed by atoms with Crippen LogP contribution in [0.4, 0.5) is 0 Å². The third kappa shape index (κ3) is 4.03. The lowest BCUT2D eigenvalue weighted by molar-refractivity contribution is -0.129. The molecule has 6 nitrogen and oxygen atoms in total. The summed E-state index contributed by atoms with van der Waals surface area (Å²) in [5.41, 5.74) is 2.10. The van der Waals surface area contributed by atoms with Gasteiger partial charge in [-0.25, -0.2) is 5.84 Å². The number of hydrazine groups is 1. The summed E-state index contributed by atoms with van der Waals surface area (Å²) in [7, 11) is 3.09. The Labute approximate surface area is 112 Å². The fraction of sp³-hybridized carbons (Fsp3) is 0.462. The van der Waals surface area contributed by atoms with Gasteiger partial charge in [-0.3, -0.25) is 10.2 Å². The van der Waals surface area contributed by atoms with Gasteiger partial charge in [-0.15, -0.1) is 0 Å². The normalized spacial score (nSPS) is 11.9. The van der Waals surface area contributed by atoms with Crippen LogP contribution in [0.25, 0.3) is 0 Å². The zero-order valence-electron chi connectivity index (χ0n) is 11.6. The maximum absolute atomic E-state index is 11.6. The zero-order valence-corrected chi connectivity index (χ0v) is 11.6. The van der Waals surface area contributed by atoms with Crippen LogP contribution in [0.1, 0.15) is 13.8 Å². The van der Waals surface area contributed by atoms with E-state index in [-0.39, 0.29) is 11.8 Å². The number of carbonyl (C=O) groups is 1. The highest BCUT2D eigenvalue weighted by atomic mass is 16.5. The van der Waals surface area contributed by atoms with E-state index < -0.39 is 6.10 Å². The molecule has 0 aliphatic rings. The first kappa shape index (κ1) is 15.1. The minimum absolute atomic E-state index is 0.0271. The zero-order chi connectivity index (χ0) is 14.4. The Morgan fingerprint density at radius 3 is 1.95 bits per heavy atom. The largest absolute Gasteiger partial charge is 0.496 e. The van der Waals surface area contributed by atoms with Crippen molar-refractivity contribution in [1.82, 2.24) is 5.43 Å². The van der Waals surface area contributed by atoms with Crippen molar-refractivity contribution in [2.24, 2.45) is 11.8 Å². The highest BCUT2D eigenvalue weighted by Gasteiger charge is 2.23. The molecule has 0 aromatic heterocycles. The quantitative estimate of drug-likeness (QED) is 0.458. The summed E-state index contributed by atoms with van der Waals surface area (Å²) in [6.07, 6.45) is -0.679. The summed E-state index contributed by atoms with van der Waals surface area (Å²) in [6, 6.07) is 5.09. The molecule has 1 rings (SSSR count). The number of methoxy groups -OCH3 is 2. The SMILES string of the molecule is COc1cc(OC)cc(OC(C(=O)NN)C(C)C)c1. The molecule has 0 radical (unpaired) electrons. The molecule has 0 fully saturated rings. The van der Waals surface area contributed by atoms with Crippen LogP contribution in [-0.4, -0.2) is 26.2 Å². The number of rotatable bonds is 6. The molecule has 1 atom stereocenters. The lowest BCUT2D eigenvalue weighted by Crippen LogP contribution is -2.44. The number of ether oxygens (including phenoxy) is 3. The second-order valence-corrected chi connectivity index (χ2v) is 4.34. The van der Waals surface area contributed by atoms with Crippen molar-refractivity contribution in [1.29, 1.82) is 0 Å². The van der Waals surface area contributed by atoms with Crippen LogP contribution in [0.3, 0.4) is 0 Å². The summed E-state index contributed by atoms with van der Waals surface area (Å²) in [4.78, 5) is 11.6. The number of nitrogens with two attached hydrogens (primary N) is 1. The Kier molecular flexibility index (Phi) is 5.44. The Hall–Kier alpha value is -1.95. The van der Waals surface area contributed by atoms with Gasteiger partial charge in [0.1, 0.15) is 17.2 Å². The molecule has 3 N–H and O–H groups in total. The van der Waals surface area contributed by atoms with E-state index >= 15 is 0 Å². The summed E-state index contributed by atoms with van der Waals surface area (Å²) < 4.78 is 15.9. The van der Waals surface area contributed by atoms with Crippen molar-refractivity contribution < 1.29 is 19.0 Å². The maximum Gasteiger partial charge on any atom is 0.275 e. The number of nitrogens with one attached hydrogen (secondary N) is 1. The van der Waals surface area contributed by atoms with E-state index in [9.17, 15) is 4.79 Å². The minimum atomic E-state index is -0.679. The van der Waals surface area contributed by atoms with Crippen LogP contribution in [0, 0.1) is 5.92 Å². The lowest BCUT2D eigenvalue weighted by Gasteiger charge is -2.21. The van der Waals surface area contributed by atoms with Crippen LogP contribution >= 0.6 is 0 Å². The Morgan fingerprint density at radius 1 is 1.11 bits per heavy atom. The van der Waals surface area contributed by atoms with Gasteiger partial charge in [-0.1, -0.05) is 13.8 Å². The standard InChI is InChI=1S/C13H20N2O4/c1-8(2)12(13(16)15-14)19-11-6-9(17-3)5-10(7-11)18-4/h5-8,12H,14H2,1-4H3,(H,15,16). The topological polar surface area (TPSA) is 82.8 Å². The van der Waals surface area contributed by atoms with Gasteiger partial charge in [0.2, 0.25) is 0 Å². The molecule has 1 aromatic carbocycles. The molecule has 0 saturated heterocycles. The van der Waals surface area contributed by atoms with Gasteiger partial charge < -0.3 is 14.2 Å². The Morgan fingerprint density at radius 2 is 1.58 bits per heavy atom.